The molecule has 0 spiro atoms. The number of benzene rings is 2. The monoisotopic (exact) mass is 524 g/mol. The number of hydrogen-bond acceptors (Lipinski definition) is 8. The lowest BCUT2D eigenvalue weighted by Gasteiger charge is -2.29. The Labute approximate surface area is 223 Å². The lowest BCUT2D eigenvalue weighted by atomic mass is 9.95. The van der Waals surface area contributed by atoms with Crippen molar-refractivity contribution in [3.63, 3.8) is 0 Å². The lowest BCUT2D eigenvalue weighted by molar-refractivity contribution is -0.140. The summed E-state index contributed by atoms with van der Waals surface area (Å²) in [6, 6.07) is 11.3. The van der Waals surface area contributed by atoms with E-state index in [2.05, 4.69) is 4.90 Å². The number of Topliss-reactive ketones (excluding diaryl/α,β-unsaturated/α-hetero) is 1. The predicted octanol–water partition coefficient (Wildman–Crippen LogP) is 3.64. The van der Waals surface area contributed by atoms with E-state index in [9.17, 15) is 14.7 Å². The highest BCUT2D eigenvalue weighted by molar-refractivity contribution is 6.46. The summed E-state index contributed by atoms with van der Waals surface area (Å²) in [6.45, 7) is 6.77. The Bertz CT molecular complexity index is 1160. The zero-order valence-corrected chi connectivity index (χ0v) is 22.3. The minimum Gasteiger partial charge on any atom is -0.507 e. The average Bonchev–Trinajstić information content (AvgIpc) is 3.21. The van der Waals surface area contributed by atoms with Crippen molar-refractivity contribution < 1.29 is 33.6 Å². The zero-order valence-electron chi connectivity index (χ0n) is 22.3. The molecule has 2 aromatic rings. The first-order chi connectivity index (χ1) is 18.5. The second-order valence-electron chi connectivity index (χ2n) is 9.29. The van der Waals surface area contributed by atoms with E-state index in [0.29, 0.717) is 61.2 Å². The molecule has 2 aromatic carbocycles. The molecule has 0 saturated carbocycles. The number of carbonyl (C=O) groups excluding carboxylic acids is 2. The minimum atomic E-state index is -0.768. The highest BCUT2D eigenvalue weighted by atomic mass is 16.5. The Morgan fingerprint density at radius 1 is 1.00 bits per heavy atom. The Balaban J connectivity index is 1.71. The molecular formula is C29H36N2O7. The molecule has 204 valence electrons. The number of ketones is 1. The summed E-state index contributed by atoms with van der Waals surface area (Å²) in [5.74, 6) is 0.139. The fourth-order valence-corrected chi connectivity index (χ4v) is 4.84. The molecule has 2 saturated heterocycles. The van der Waals surface area contributed by atoms with Gasteiger partial charge in [0.05, 0.1) is 45.7 Å². The van der Waals surface area contributed by atoms with Crippen molar-refractivity contribution in [1.29, 1.82) is 0 Å². The summed E-state index contributed by atoms with van der Waals surface area (Å²) in [7, 11) is 3.10. The van der Waals surface area contributed by atoms with Crippen LogP contribution in [0, 0.1) is 0 Å². The molecular weight excluding hydrogens is 488 g/mol. The Kier molecular flexibility index (Phi) is 9.25. The molecule has 9 nitrogen and oxygen atoms in total. The third-order valence-electron chi connectivity index (χ3n) is 6.85. The summed E-state index contributed by atoms with van der Waals surface area (Å²) in [5.41, 5.74) is 1.14. The summed E-state index contributed by atoms with van der Waals surface area (Å²) in [4.78, 5) is 30.5. The van der Waals surface area contributed by atoms with Crippen LogP contribution in [0.1, 0.15) is 36.9 Å². The maximum absolute atomic E-state index is 13.3. The van der Waals surface area contributed by atoms with Gasteiger partial charge in [-0.3, -0.25) is 14.5 Å². The maximum atomic E-state index is 13.3. The van der Waals surface area contributed by atoms with Crippen LogP contribution < -0.4 is 14.2 Å². The van der Waals surface area contributed by atoms with Gasteiger partial charge in [0.15, 0.2) is 11.5 Å². The third-order valence-corrected chi connectivity index (χ3v) is 6.85. The van der Waals surface area contributed by atoms with E-state index >= 15 is 0 Å². The van der Waals surface area contributed by atoms with Crippen LogP contribution in [0.15, 0.2) is 48.0 Å². The Morgan fingerprint density at radius 3 is 2.39 bits per heavy atom. The topological polar surface area (TPSA) is 97.8 Å². The first kappa shape index (κ1) is 27.5. The van der Waals surface area contributed by atoms with Gasteiger partial charge in [-0.15, -0.1) is 0 Å². The SMILES string of the molecule is CCCOc1ccc([C@H]2/C(=C(\O)c3ccc(OC)cc3)C(=O)C(=O)N2CCCN2CCOCC2)cc1OC. The van der Waals surface area contributed by atoms with Crippen molar-refractivity contribution in [2.24, 2.45) is 0 Å². The second-order valence-corrected chi connectivity index (χ2v) is 9.29. The number of aliphatic hydroxyl groups excluding tert-OH is 1. The van der Waals surface area contributed by atoms with E-state index in [0.717, 1.165) is 26.1 Å². The van der Waals surface area contributed by atoms with Crippen molar-refractivity contribution in [2.75, 3.05) is 60.2 Å². The molecule has 2 heterocycles. The van der Waals surface area contributed by atoms with E-state index in [1.165, 1.54) is 0 Å². The number of likely N-dealkylation sites (tertiary alicyclic amines) is 1. The number of amides is 1. The summed E-state index contributed by atoms with van der Waals surface area (Å²) in [5, 5.41) is 11.3. The molecule has 0 radical (unpaired) electrons. The Morgan fingerprint density at radius 2 is 1.74 bits per heavy atom. The molecule has 1 amide bonds. The number of hydrogen-bond donors (Lipinski definition) is 1. The van der Waals surface area contributed by atoms with Crippen LogP contribution in [-0.2, 0) is 14.3 Å². The van der Waals surface area contributed by atoms with Crippen LogP contribution in [0.2, 0.25) is 0 Å². The summed E-state index contributed by atoms with van der Waals surface area (Å²) < 4.78 is 22.0. The zero-order chi connectivity index (χ0) is 27.1. The molecule has 0 aromatic heterocycles. The van der Waals surface area contributed by atoms with Gasteiger partial charge >= 0.3 is 0 Å². The van der Waals surface area contributed by atoms with Crippen LogP contribution >= 0.6 is 0 Å². The van der Waals surface area contributed by atoms with Gasteiger partial charge in [0.2, 0.25) is 0 Å². The van der Waals surface area contributed by atoms with Crippen molar-refractivity contribution in [2.45, 2.75) is 25.8 Å². The maximum Gasteiger partial charge on any atom is 0.295 e. The molecule has 9 heteroatoms. The van der Waals surface area contributed by atoms with Gasteiger partial charge in [-0.2, -0.15) is 0 Å². The van der Waals surface area contributed by atoms with Crippen molar-refractivity contribution in [3.05, 3.63) is 59.2 Å². The van der Waals surface area contributed by atoms with E-state index in [-0.39, 0.29) is 11.3 Å². The minimum absolute atomic E-state index is 0.0517. The lowest BCUT2D eigenvalue weighted by Crippen LogP contribution is -2.39. The number of rotatable bonds is 11. The van der Waals surface area contributed by atoms with Gasteiger partial charge in [0.25, 0.3) is 11.7 Å². The number of aliphatic hydroxyl groups is 1. The van der Waals surface area contributed by atoms with Crippen LogP contribution in [0.5, 0.6) is 17.2 Å². The number of methoxy groups -OCH3 is 2. The van der Waals surface area contributed by atoms with Gasteiger partial charge < -0.3 is 29.0 Å². The van der Waals surface area contributed by atoms with Crippen molar-refractivity contribution in [1.82, 2.24) is 9.80 Å². The largest absolute Gasteiger partial charge is 0.507 e. The number of ether oxygens (including phenoxy) is 4. The first-order valence-corrected chi connectivity index (χ1v) is 13.0. The fourth-order valence-electron chi connectivity index (χ4n) is 4.84. The normalized spacial score (nSPS) is 19.6. The van der Waals surface area contributed by atoms with Crippen molar-refractivity contribution in [3.8, 4) is 17.2 Å². The fraction of sp³-hybridized carbons (Fsp3) is 0.448. The van der Waals surface area contributed by atoms with E-state index in [1.807, 2.05) is 13.0 Å². The van der Waals surface area contributed by atoms with Gasteiger partial charge in [-0.25, -0.2) is 0 Å². The van der Waals surface area contributed by atoms with Crippen molar-refractivity contribution >= 4 is 17.4 Å². The standard InChI is InChI=1S/C29H36N2O7/c1-4-16-38-23-11-8-21(19-24(23)36-3)26-25(27(32)20-6-9-22(35-2)10-7-20)28(33)29(34)31(26)13-5-12-30-14-17-37-18-15-30/h6-11,19,26,32H,4-5,12-18H2,1-3H3/b27-25+/t26-/m0/s1. The number of morpholine rings is 1. The van der Waals surface area contributed by atoms with Crippen LogP contribution in [0.25, 0.3) is 5.76 Å². The molecule has 4 rings (SSSR count). The molecule has 1 atom stereocenters. The molecule has 0 bridgehead atoms. The molecule has 2 aliphatic rings. The predicted molar refractivity (Wildman–Crippen MR) is 143 cm³/mol. The quantitative estimate of drug-likeness (QED) is 0.270. The molecule has 2 fully saturated rings. The van der Waals surface area contributed by atoms with E-state index in [1.54, 1.807) is 55.5 Å². The average molecular weight is 525 g/mol. The third kappa shape index (κ3) is 5.95. The van der Waals surface area contributed by atoms with Gasteiger partial charge in [0.1, 0.15) is 11.5 Å². The molecule has 2 aliphatic heterocycles. The highest BCUT2D eigenvalue weighted by Gasteiger charge is 2.46. The van der Waals surface area contributed by atoms with Gasteiger partial charge in [0, 0.05) is 31.7 Å². The Hall–Kier alpha value is -3.56. The van der Waals surface area contributed by atoms with Crippen LogP contribution in [-0.4, -0.2) is 86.8 Å². The van der Waals surface area contributed by atoms with Crippen LogP contribution in [0.4, 0.5) is 0 Å². The molecule has 0 aliphatic carbocycles. The summed E-state index contributed by atoms with van der Waals surface area (Å²) >= 11 is 0. The molecule has 0 unspecified atom stereocenters. The highest BCUT2D eigenvalue weighted by Crippen LogP contribution is 2.42. The van der Waals surface area contributed by atoms with E-state index < -0.39 is 17.7 Å². The molecule has 1 N–H and O–H groups in total. The first-order valence-electron chi connectivity index (χ1n) is 13.0. The summed E-state index contributed by atoms with van der Waals surface area (Å²) in [6.07, 6.45) is 1.52. The number of nitrogens with zero attached hydrogens (tertiary/aromatic N) is 2. The van der Waals surface area contributed by atoms with Gasteiger partial charge in [-0.1, -0.05) is 13.0 Å². The van der Waals surface area contributed by atoms with E-state index in [4.69, 9.17) is 18.9 Å². The van der Waals surface area contributed by atoms with Crippen LogP contribution in [0.3, 0.4) is 0 Å². The second kappa shape index (κ2) is 12.8. The molecule has 38 heavy (non-hydrogen) atoms. The number of carbonyl (C=O) groups is 2. The smallest absolute Gasteiger partial charge is 0.295 e. The van der Waals surface area contributed by atoms with Gasteiger partial charge in [-0.05, 0) is 54.8 Å².